The molecule has 1 aliphatic rings. The highest BCUT2D eigenvalue weighted by molar-refractivity contribution is 5.81. The maximum Gasteiger partial charge on any atom is 0.242 e. The quantitative estimate of drug-likeness (QED) is 0.850. The van der Waals surface area contributed by atoms with Crippen LogP contribution in [0.2, 0.25) is 0 Å². The summed E-state index contributed by atoms with van der Waals surface area (Å²) in [5.74, 6) is 0.767. The van der Waals surface area contributed by atoms with Gasteiger partial charge in [-0.3, -0.25) is 9.48 Å². The number of hydrogen-bond donors (Lipinski definition) is 0. The lowest BCUT2D eigenvalue weighted by Gasteiger charge is -2.34. The van der Waals surface area contributed by atoms with E-state index in [1.807, 2.05) is 35.0 Å². The summed E-state index contributed by atoms with van der Waals surface area (Å²) in [7, 11) is 1.83. The molecule has 0 bridgehead atoms. The first-order valence-electron chi connectivity index (χ1n) is 8.01. The largest absolute Gasteiger partial charge is 0.350 e. The molecule has 0 aliphatic carbocycles. The summed E-state index contributed by atoms with van der Waals surface area (Å²) in [4.78, 5) is 20.5. The van der Waals surface area contributed by atoms with Crippen molar-refractivity contribution in [3.05, 3.63) is 42.4 Å². The lowest BCUT2D eigenvalue weighted by atomic mass is 10.1. The van der Waals surface area contributed by atoms with Crippen LogP contribution in [0.25, 0.3) is 0 Å². The highest BCUT2D eigenvalue weighted by Crippen LogP contribution is 2.21. The Hall–Kier alpha value is -2.88. The summed E-state index contributed by atoms with van der Waals surface area (Å²) in [5.41, 5.74) is 0.511. The van der Waals surface area contributed by atoms with Gasteiger partial charge < -0.3 is 9.80 Å². The van der Waals surface area contributed by atoms with E-state index in [-0.39, 0.29) is 18.5 Å². The van der Waals surface area contributed by atoms with Crippen LogP contribution in [0.5, 0.6) is 0 Å². The number of likely N-dealkylation sites (N-methyl/N-ethyl adjacent to an activating group) is 1. The monoisotopic (exact) mass is 324 g/mol. The van der Waals surface area contributed by atoms with Crippen molar-refractivity contribution >= 4 is 11.7 Å². The van der Waals surface area contributed by atoms with E-state index >= 15 is 0 Å². The van der Waals surface area contributed by atoms with Crippen LogP contribution in [0.4, 0.5) is 5.82 Å². The highest BCUT2D eigenvalue weighted by atomic mass is 16.2. The molecule has 124 valence electrons. The van der Waals surface area contributed by atoms with E-state index in [1.165, 1.54) is 6.20 Å². The number of amides is 1. The number of aromatic nitrogens is 3. The number of likely N-dealkylation sites (tertiary alicyclic amines) is 1. The summed E-state index contributed by atoms with van der Waals surface area (Å²) in [6.45, 7) is 1.74. The topological polar surface area (TPSA) is 78.0 Å². The van der Waals surface area contributed by atoms with Crippen molar-refractivity contribution in [3.8, 4) is 6.07 Å². The lowest BCUT2D eigenvalue weighted by Crippen LogP contribution is -2.45. The Morgan fingerprint density at radius 1 is 1.50 bits per heavy atom. The van der Waals surface area contributed by atoms with Gasteiger partial charge in [0.25, 0.3) is 0 Å². The molecule has 7 nitrogen and oxygen atoms in total. The van der Waals surface area contributed by atoms with Gasteiger partial charge in [0.05, 0.1) is 18.2 Å². The van der Waals surface area contributed by atoms with E-state index in [4.69, 9.17) is 5.26 Å². The Kier molecular flexibility index (Phi) is 4.75. The molecule has 3 rings (SSSR count). The second-order valence-corrected chi connectivity index (χ2v) is 5.99. The molecule has 1 atom stereocenters. The molecule has 1 fully saturated rings. The Bertz CT molecular complexity index is 719. The minimum absolute atomic E-state index is 0.0838. The van der Waals surface area contributed by atoms with E-state index < -0.39 is 0 Å². The van der Waals surface area contributed by atoms with Crippen LogP contribution < -0.4 is 4.90 Å². The maximum atomic E-state index is 12.6. The van der Waals surface area contributed by atoms with Gasteiger partial charge in [-0.25, -0.2) is 4.98 Å². The fourth-order valence-electron chi connectivity index (χ4n) is 2.96. The number of nitriles is 1. The number of carbonyl (C=O) groups excluding carboxylic acids is 1. The molecule has 24 heavy (non-hydrogen) atoms. The molecule has 3 heterocycles. The standard InChI is InChI=1S/C17H20N6O/c1-21(16-6-5-14(10-18)11-19-16)13-17(24)22-8-2-4-15(12-22)23-9-3-7-20-23/h3,5-7,9,11,15H,2,4,8,12-13H2,1H3/t15-/m1/s1. The fraction of sp³-hybridized carbons (Fsp3) is 0.412. The Morgan fingerprint density at radius 3 is 3.04 bits per heavy atom. The van der Waals surface area contributed by atoms with E-state index in [0.717, 1.165) is 19.4 Å². The van der Waals surface area contributed by atoms with E-state index in [0.29, 0.717) is 17.9 Å². The van der Waals surface area contributed by atoms with E-state index in [2.05, 4.69) is 10.1 Å². The van der Waals surface area contributed by atoms with Crippen LogP contribution in [0, 0.1) is 11.3 Å². The van der Waals surface area contributed by atoms with Crippen molar-refractivity contribution in [2.45, 2.75) is 18.9 Å². The minimum Gasteiger partial charge on any atom is -0.350 e. The molecule has 0 aromatic carbocycles. The summed E-state index contributed by atoms with van der Waals surface area (Å²) in [6.07, 6.45) is 7.26. The predicted octanol–water partition coefficient (Wildman–Crippen LogP) is 1.45. The van der Waals surface area contributed by atoms with E-state index in [9.17, 15) is 4.79 Å². The lowest BCUT2D eigenvalue weighted by molar-refractivity contribution is -0.131. The first-order chi connectivity index (χ1) is 11.7. The van der Waals surface area contributed by atoms with Crippen molar-refractivity contribution in [2.75, 3.05) is 31.6 Å². The van der Waals surface area contributed by atoms with E-state index in [1.54, 1.807) is 23.2 Å². The number of carbonyl (C=O) groups is 1. The minimum atomic E-state index is 0.0838. The third kappa shape index (κ3) is 3.54. The molecule has 7 heteroatoms. The number of rotatable bonds is 4. The third-order valence-electron chi connectivity index (χ3n) is 4.29. The van der Waals surface area contributed by atoms with Gasteiger partial charge in [0.1, 0.15) is 11.9 Å². The Balaban J connectivity index is 1.60. The number of pyridine rings is 1. The van der Waals surface area contributed by atoms with Gasteiger partial charge in [0, 0.05) is 38.7 Å². The van der Waals surface area contributed by atoms with Gasteiger partial charge in [-0.05, 0) is 31.0 Å². The average Bonchev–Trinajstić information content (AvgIpc) is 3.16. The second-order valence-electron chi connectivity index (χ2n) is 5.99. The molecular formula is C17H20N6O. The Labute approximate surface area is 141 Å². The molecule has 0 radical (unpaired) electrons. The third-order valence-corrected chi connectivity index (χ3v) is 4.29. The molecule has 0 N–H and O–H groups in total. The maximum absolute atomic E-state index is 12.6. The number of piperidine rings is 1. The zero-order valence-electron chi connectivity index (χ0n) is 13.7. The summed E-state index contributed by atoms with van der Waals surface area (Å²) in [5, 5.41) is 13.1. The van der Waals surface area contributed by atoms with Crippen LogP contribution in [-0.2, 0) is 4.79 Å². The van der Waals surface area contributed by atoms with Gasteiger partial charge in [0.15, 0.2) is 0 Å². The smallest absolute Gasteiger partial charge is 0.242 e. The summed E-state index contributed by atoms with van der Waals surface area (Å²) in [6, 6.07) is 7.66. The molecule has 1 amide bonds. The SMILES string of the molecule is CN(CC(=O)N1CCC[C@@H](n2cccn2)C1)c1ccc(C#N)cn1. The zero-order chi connectivity index (χ0) is 16.9. The van der Waals surface area contributed by atoms with Crippen molar-refractivity contribution in [1.29, 1.82) is 5.26 Å². The molecule has 0 unspecified atom stereocenters. The molecule has 1 saturated heterocycles. The molecular weight excluding hydrogens is 304 g/mol. The van der Waals surface area contributed by atoms with Crippen molar-refractivity contribution in [2.24, 2.45) is 0 Å². The van der Waals surface area contributed by atoms with Crippen LogP contribution in [0.1, 0.15) is 24.4 Å². The van der Waals surface area contributed by atoms with Crippen molar-refractivity contribution in [3.63, 3.8) is 0 Å². The normalized spacial score (nSPS) is 17.3. The first-order valence-corrected chi connectivity index (χ1v) is 8.01. The van der Waals surface area contributed by atoms with Gasteiger partial charge in [-0.1, -0.05) is 0 Å². The summed E-state index contributed by atoms with van der Waals surface area (Å²) < 4.78 is 1.94. The van der Waals surface area contributed by atoms with Gasteiger partial charge >= 0.3 is 0 Å². The zero-order valence-corrected chi connectivity index (χ0v) is 13.7. The van der Waals surface area contributed by atoms with Gasteiger partial charge in [-0.2, -0.15) is 10.4 Å². The van der Waals surface area contributed by atoms with Crippen molar-refractivity contribution in [1.82, 2.24) is 19.7 Å². The molecule has 2 aromatic rings. The molecule has 2 aromatic heterocycles. The molecule has 0 saturated carbocycles. The first kappa shape index (κ1) is 16.0. The van der Waals surface area contributed by atoms with Gasteiger partial charge in [0.2, 0.25) is 5.91 Å². The highest BCUT2D eigenvalue weighted by Gasteiger charge is 2.25. The average molecular weight is 324 g/mol. The second kappa shape index (κ2) is 7.13. The van der Waals surface area contributed by atoms with Gasteiger partial charge in [-0.15, -0.1) is 0 Å². The van der Waals surface area contributed by atoms with Crippen LogP contribution >= 0.6 is 0 Å². The number of anilines is 1. The van der Waals surface area contributed by atoms with Crippen LogP contribution in [0.15, 0.2) is 36.8 Å². The molecule has 1 aliphatic heterocycles. The van der Waals surface area contributed by atoms with Crippen molar-refractivity contribution < 1.29 is 4.79 Å². The number of nitrogens with zero attached hydrogens (tertiary/aromatic N) is 6. The summed E-state index contributed by atoms with van der Waals surface area (Å²) >= 11 is 0. The fourth-order valence-corrected chi connectivity index (χ4v) is 2.96. The Morgan fingerprint density at radius 2 is 2.38 bits per heavy atom. The van der Waals surface area contributed by atoms with Crippen LogP contribution in [-0.4, -0.2) is 52.3 Å². The molecule has 0 spiro atoms. The predicted molar refractivity (Wildman–Crippen MR) is 89.3 cm³/mol. The number of hydrogen-bond acceptors (Lipinski definition) is 5. The van der Waals surface area contributed by atoms with Crippen LogP contribution in [0.3, 0.4) is 0 Å².